The number of amides is 1. The molecule has 0 aromatic carbocycles. The highest BCUT2D eigenvalue weighted by Crippen LogP contribution is 2.31. The zero-order valence-electron chi connectivity index (χ0n) is 11.9. The van der Waals surface area contributed by atoms with Crippen molar-refractivity contribution in [3.63, 3.8) is 0 Å². The van der Waals surface area contributed by atoms with Crippen molar-refractivity contribution in [3.05, 3.63) is 0 Å². The number of methoxy groups -OCH3 is 1. The average Bonchev–Trinajstić information content (AvgIpc) is 2.37. The monoisotopic (exact) mass is 257 g/mol. The summed E-state index contributed by atoms with van der Waals surface area (Å²) in [4.78, 5) is 11.6. The number of hydrogen-bond donors (Lipinski definition) is 2. The van der Waals surface area contributed by atoms with Crippen molar-refractivity contribution >= 4 is 5.91 Å². The van der Waals surface area contributed by atoms with Crippen molar-refractivity contribution < 1.29 is 14.6 Å². The normalized spacial score (nSPS) is 29.9. The lowest BCUT2D eigenvalue weighted by atomic mass is 9.79. The predicted molar refractivity (Wildman–Crippen MR) is 71.3 cm³/mol. The minimum Gasteiger partial charge on any atom is -0.388 e. The number of hydrogen-bond acceptors (Lipinski definition) is 3. The van der Waals surface area contributed by atoms with E-state index in [0.29, 0.717) is 18.9 Å². The fraction of sp³-hybridized carbons (Fsp3) is 0.929. The first-order valence-electron chi connectivity index (χ1n) is 6.97. The van der Waals surface area contributed by atoms with Crippen molar-refractivity contribution in [3.8, 4) is 0 Å². The van der Waals surface area contributed by atoms with E-state index in [2.05, 4.69) is 12.2 Å². The Bertz CT molecular complexity index is 260. The van der Waals surface area contributed by atoms with Gasteiger partial charge in [-0.2, -0.15) is 0 Å². The quantitative estimate of drug-likeness (QED) is 0.763. The smallest absolute Gasteiger partial charge is 0.220 e. The first-order valence-corrected chi connectivity index (χ1v) is 6.97. The van der Waals surface area contributed by atoms with E-state index in [-0.39, 0.29) is 12.0 Å². The van der Waals surface area contributed by atoms with Crippen molar-refractivity contribution in [2.45, 2.75) is 64.1 Å². The minimum absolute atomic E-state index is 0.00551. The molecule has 4 heteroatoms. The van der Waals surface area contributed by atoms with Crippen LogP contribution < -0.4 is 5.32 Å². The maximum atomic E-state index is 11.6. The molecule has 1 unspecified atom stereocenters. The van der Waals surface area contributed by atoms with Gasteiger partial charge in [0.05, 0.1) is 11.7 Å². The third-order valence-electron chi connectivity index (χ3n) is 4.00. The lowest BCUT2D eigenvalue weighted by molar-refractivity contribution is -0.123. The summed E-state index contributed by atoms with van der Waals surface area (Å²) in [5.41, 5.74) is -0.685. The van der Waals surface area contributed by atoms with Crippen molar-refractivity contribution in [2.75, 3.05) is 13.7 Å². The molecule has 0 radical (unpaired) electrons. The van der Waals surface area contributed by atoms with Gasteiger partial charge in [0.15, 0.2) is 0 Å². The summed E-state index contributed by atoms with van der Waals surface area (Å²) in [5, 5.41) is 13.2. The van der Waals surface area contributed by atoms with Gasteiger partial charge in [-0.25, -0.2) is 0 Å². The highest BCUT2D eigenvalue weighted by Gasteiger charge is 2.31. The third kappa shape index (κ3) is 5.36. The Morgan fingerprint density at radius 1 is 1.50 bits per heavy atom. The summed E-state index contributed by atoms with van der Waals surface area (Å²) < 4.78 is 5.10. The molecule has 1 aliphatic carbocycles. The molecule has 106 valence electrons. The fourth-order valence-electron chi connectivity index (χ4n) is 2.28. The molecule has 0 spiro atoms. The molecule has 1 amide bonds. The molecule has 1 rings (SSSR count). The molecule has 4 nitrogen and oxygen atoms in total. The zero-order valence-corrected chi connectivity index (χ0v) is 11.9. The van der Waals surface area contributed by atoms with Gasteiger partial charge in [-0.1, -0.05) is 6.92 Å². The summed E-state index contributed by atoms with van der Waals surface area (Å²) in [6.07, 6.45) is 4.97. The molecule has 0 saturated heterocycles. The molecule has 0 aromatic heterocycles. The third-order valence-corrected chi connectivity index (χ3v) is 4.00. The van der Waals surface area contributed by atoms with E-state index >= 15 is 0 Å². The number of ether oxygens (including phenoxy) is 1. The predicted octanol–water partition coefficient (Wildman–Crippen LogP) is 1.86. The van der Waals surface area contributed by atoms with E-state index in [9.17, 15) is 9.90 Å². The molecule has 2 N–H and O–H groups in total. The van der Waals surface area contributed by atoms with Crippen LogP contribution in [0.5, 0.6) is 0 Å². The van der Waals surface area contributed by atoms with Crippen LogP contribution in [-0.2, 0) is 9.53 Å². The molecule has 1 aliphatic rings. The Hall–Kier alpha value is -0.610. The van der Waals surface area contributed by atoms with Crippen molar-refractivity contribution in [1.82, 2.24) is 5.32 Å². The first kappa shape index (κ1) is 15.4. The Morgan fingerprint density at radius 3 is 2.67 bits per heavy atom. The number of rotatable bonds is 6. The number of nitrogens with one attached hydrogen (secondary N) is 1. The van der Waals surface area contributed by atoms with E-state index in [1.54, 1.807) is 7.11 Å². The topological polar surface area (TPSA) is 58.6 Å². The molecule has 0 bridgehead atoms. The Kier molecular flexibility index (Phi) is 6.09. The van der Waals surface area contributed by atoms with Gasteiger partial charge < -0.3 is 15.2 Å². The van der Waals surface area contributed by atoms with Gasteiger partial charge in [0, 0.05) is 20.1 Å². The summed E-state index contributed by atoms with van der Waals surface area (Å²) in [6, 6.07) is 0. The maximum absolute atomic E-state index is 11.6. The average molecular weight is 257 g/mol. The molecule has 1 saturated carbocycles. The van der Waals surface area contributed by atoms with Gasteiger partial charge in [0.25, 0.3) is 0 Å². The lowest BCUT2D eigenvalue weighted by Crippen LogP contribution is -2.45. The molecule has 0 aromatic rings. The molecule has 1 fully saturated rings. The summed E-state index contributed by atoms with van der Waals surface area (Å²) in [6.45, 7) is 4.55. The van der Waals surface area contributed by atoms with Crippen LogP contribution in [0.1, 0.15) is 52.4 Å². The number of aliphatic hydroxyl groups is 1. The van der Waals surface area contributed by atoms with Crippen LogP contribution in [0.4, 0.5) is 0 Å². The molecular formula is C14H27NO3. The molecule has 0 aliphatic heterocycles. The van der Waals surface area contributed by atoms with Gasteiger partial charge in [-0.05, 0) is 44.9 Å². The van der Waals surface area contributed by atoms with E-state index in [1.165, 1.54) is 0 Å². The lowest BCUT2D eigenvalue weighted by Gasteiger charge is -2.35. The van der Waals surface area contributed by atoms with Gasteiger partial charge in [-0.3, -0.25) is 4.79 Å². The highest BCUT2D eigenvalue weighted by atomic mass is 16.5. The van der Waals surface area contributed by atoms with Crippen LogP contribution >= 0.6 is 0 Å². The standard InChI is InChI=1S/C14H27NO3/c1-11-6-8-14(17,9-7-11)10-15-13(16)5-4-12(2)18-3/h11-12,17H,4-10H2,1-3H3,(H,15,16). The van der Waals surface area contributed by atoms with Crippen LogP contribution in [-0.4, -0.2) is 36.4 Å². The van der Waals surface area contributed by atoms with E-state index in [4.69, 9.17) is 4.74 Å². The molecule has 0 heterocycles. The second kappa shape index (κ2) is 7.10. The number of carbonyl (C=O) groups is 1. The van der Waals surface area contributed by atoms with Gasteiger partial charge in [0.2, 0.25) is 5.91 Å². The Balaban J connectivity index is 2.21. The van der Waals surface area contributed by atoms with Crippen LogP contribution in [0.2, 0.25) is 0 Å². The van der Waals surface area contributed by atoms with E-state index < -0.39 is 5.60 Å². The van der Waals surface area contributed by atoms with Crippen molar-refractivity contribution in [1.29, 1.82) is 0 Å². The van der Waals surface area contributed by atoms with E-state index in [0.717, 1.165) is 32.1 Å². The Labute approximate surface area is 110 Å². The van der Waals surface area contributed by atoms with Gasteiger partial charge in [0.1, 0.15) is 0 Å². The van der Waals surface area contributed by atoms with Crippen LogP contribution in [0, 0.1) is 5.92 Å². The van der Waals surface area contributed by atoms with Crippen LogP contribution in [0.25, 0.3) is 0 Å². The van der Waals surface area contributed by atoms with E-state index in [1.807, 2.05) is 6.92 Å². The summed E-state index contributed by atoms with van der Waals surface area (Å²) in [7, 11) is 1.65. The fourth-order valence-corrected chi connectivity index (χ4v) is 2.28. The van der Waals surface area contributed by atoms with Gasteiger partial charge >= 0.3 is 0 Å². The summed E-state index contributed by atoms with van der Waals surface area (Å²) >= 11 is 0. The Morgan fingerprint density at radius 2 is 2.11 bits per heavy atom. The molecular weight excluding hydrogens is 230 g/mol. The molecule has 1 atom stereocenters. The second-order valence-electron chi connectivity index (χ2n) is 5.77. The molecule has 18 heavy (non-hydrogen) atoms. The van der Waals surface area contributed by atoms with Crippen molar-refractivity contribution in [2.24, 2.45) is 5.92 Å². The van der Waals surface area contributed by atoms with Crippen LogP contribution in [0.15, 0.2) is 0 Å². The minimum atomic E-state index is -0.685. The number of carbonyl (C=O) groups excluding carboxylic acids is 1. The largest absolute Gasteiger partial charge is 0.388 e. The SMILES string of the molecule is COC(C)CCC(=O)NCC1(O)CCC(C)CC1. The summed E-state index contributed by atoms with van der Waals surface area (Å²) in [5.74, 6) is 0.703. The second-order valence-corrected chi connectivity index (χ2v) is 5.77. The van der Waals surface area contributed by atoms with Gasteiger partial charge in [-0.15, -0.1) is 0 Å². The zero-order chi connectivity index (χ0) is 13.6. The van der Waals surface area contributed by atoms with Crippen LogP contribution in [0.3, 0.4) is 0 Å². The maximum Gasteiger partial charge on any atom is 0.220 e. The first-order chi connectivity index (χ1) is 8.45. The highest BCUT2D eigenvalue weighted by molar-refractivity contribution is 5.75.